The van der Waals surface area contributed by atoms with Gasteiger partial charge in [-0.05, 0) is 25.0 Å². The van der Waals surface area contributed by atoms with Gasteiger partial charge in [0.2, 0.25) is 5.91 Å². The van der Waals surface area contributed by atoms with Crippen molar-refractivity contribution in [1.29, 1.82) is 0 Å². The smallest absolute Gasteiger partial charge is 0.239 e. The average Bonchev–Trinajstić information content (AvgIpc) is 3.00. The molecule has 2 N–H and O–H groups in total. The lowest BCUT2D eigenvalue weighted by Gasteiger charge is -2.20. The maximum Gasteiger partial charge on any atom is 0.239 e. The maximum atomic E-state index is 12.2. The molecular formula is C16H19N3O. The van der Waals surface area contributed by atoms with E-state index in [1.165, 1.54) is 0 Å². The Balaban J connectivity index is 1.73. The largest absolute Gasteiger partial charge is 0.341 e. The first kappa shape index (κ1) is 13.1. The summed E-state index contributed by atoms with van der Waals surface area (Å²) >= 11 is 0. The van der Waals surface area contributed by atoms with E-state index in [4.69, 9.17) is 5.73 Å². The van der Waals surface area contributed by atoms with E-state index in [9.17, 15) is 4.79 Å². The molecule has 2 heterocycles. The van der Waals surface area contributed by atoms with Crippen molar-refractivity contribution in [2.45, 2.75) is 25.3 Å². The second-order valence-electron chi connectivity index (χ2n) is 5.34. The van der Waals surface area contributed by atoms with Gasteiger partial charge < -0.3 is 10.6 Å². The molecule has 1 unspecified atom stereocenters. The van der Waals surface area contributed by atoms with Crippen LogP contribution in [0.5, 0.6) is 0 Å². The van der Waals surface area contributed by atoms with Gasteiger partial charge in [0, 0.05) is 30.6 Å². The van der Waals surface area contributed by atoms with Crippen LogP contribution >= 0.6 is 0 Å². The normalized spacial score (nSPS) is 16.6. The third-order valence-corrected chi connectivity index (χ3v) is 3.82. The molecule has 1 aromatic heterocycles. The van der Waals surface area contributed by atoms with Crippen molar-refractivity contribution in [1.82, 2.24) is 9.88 Å². The maximum absolute atomic E-state index is 12.2. The van der Waals surface area contributed by atoms with Crippen molar-refractivity contribution in [3.8, 4) is 0 Å². The number of hydrogen-bond acceptors (Lipinski definition) is 3. The number of aromatic nitrogens is 1. The number of benzene rings is 1. The number of rotatable bonds is 3. The zero-order valence-electron chi connectivity index (χ0n) is 11.5. The molecule has 1 saturated heterocycles. The van der Waals surface area contributed by atoms with Crippen LogP contribution in [0.3, 0.4) is 0 Å². The predicted molar refractivity (Wildman–Crippen MR) is 79.2 cm³/mol. The monoisotopic (exact) mass is 269 g/mol. The summed E-state index contributed by atoms with van der Waals surface area (Å²) in [5.41, 5.74) is 7.87. The van der Waals surface area contributed by atoms with Gasteiger partial charge in [0.25, 0.3) is 0 Å². The number of fused-ring (bicyclic) bond motifs is 1. The fourth-order valence-electron chi connectivity index (χ4n) is 2.71. The second kappa shape index (κ2) is 5.59. The molecule has 0 bridgehead atoms. The number of nitrogens with two attached hydrogens (primary N) is 1. The highest BCUT2D eigenvalue weighted by atomic mass is 16.2. The molecule has 4 heteroatoms. The van der Waals surface area contributed by atoms with E-state index in [-0.39, 0.29) is 5.91 Å². The number of nitrogens with zero attached hydrogens (tertiary/aromatic N) is 2. The molecule has 0 saturated carbocycles. The summed E-state index contributed by atoms with van der Waals surface area (Å²) in [6.07, 6.45) is 2.68. The number of para-hydroxylation sites is 1. The van der Waals surface area contributed by atoms with E-state index in [0.717, 1.165) is 42.5 Å². The van der Waals surface area contributed by atoms with E-state index >= 15 is 0 Å². The van der Waals surface area contributed by atoms with Crippen molar-refractivity contribution in [3.05, 3.63) is 42.1 Å². The molecule has 0 aliphatic carbocycles. The Bertz CT molecular complexity index is 620. The zero-order valence-corrected chi connectivity index (χ0v) is 11.5. The Labute approximate surface area is 118 Å². The van der Waals surface area contributed by atoms with Crippen LogP contribution in [0.1, 0.15) is 18.5 Å². The molecule has 1 aliphatic heterocycles. The highest BCUT2D eigenvalue weighted by Gasteiger charge is 2.24. The highest BCUT2D eigenvalue weighted by molar-refractivity contribution is 5.82. The average molecular weight is 269 g/mol. The summed E-state index contributed by atoms with van der Waals surface area (Å²) in [7, 11) is 0. The van der Waals surface area contributed by atoms with Crippen molar-refractivity contribution < 1.29 is 4.79 Å². The number of likely N-dealkylation sites (tertiary alicyclic amines) is 1. The number of amides is 1. The Morgan fingerprint density at radius 2 is 1.95 bits per heavy atom. The minimum Gasteiger partial charge on any atom is -0.341 e. The number of hydrogen-bond donors (Lipinski definition) is 1. The minimum atomic E-state index is -0.484. The van der Waals surface area contributed by atoms with Crippen LogP contribution < -0.4 is 5.73 Å². The first-order valence-electron chi connectivity index (χ1n) is 7.13. The van der Waals surface area contributed by atoms with Crippen LogP contribution in [-0.4, -0.2) is 34.9 Å². The third-order valence-electron chi connectivity index (χ3n) is 3.82. The summed E-state index contributed by atoms with van der Waals surface area (Å²) in [5.74, 6) is 0.0532. The van der Waals surface area contributed by atoms with E-state index in [1.54, 1.807) is 0 Å². The van der Waals surface area contributed by atoms with Gasteiger partial charge in [-0.15, -0.1) is 0 Å². The van der Waals surface area contributed by atoms with E-state index in [1.807, 2.05) is 41.3 Å². The van der Waals surface area contributed by atoms with E-state index < -0.39 is 6.04 Å². The number of pyridine rings is 1. The molecule has 2 aromatic rings. The molecular weight excluding hydrogens is 250 g/mol. The molecule has 20 heavy (non-hydrogen) atoms. The molecule has 0 radical (unpaired) electrons. The van der Waals surface area contributed by atoms with Crippen LogP contribution in [0.4, 0.5) is 0 Å². The Morgan fingerprint density at radius 3 is 2.75 bits per heavy atom. The standard InChI is InChI=1S/C16H19N3O/c17-14(16(20)19-9-3-4-10-19)11-13-8-7-12-5-1-2-6-15(12)18-13/h1-2,5-8,14H,3-4,9-11,17H2. The van der Waals surface area contributed by atoms with Gasteiger partial charge in [0.1, 0.15) is 0 Å². The van der Waals surface area contributed by atoms with Crippen molar-refractivity contribution in [3.63, 3.8) is 0 Å². The van der Waals surface area contributed by atoms with E-state index in [2.05, 4.69) is 4.98 Å². The first-order chi connectivity index (χ1) is 9.74. The Kier molecular flexibility index (Phi) is 3.65. The van der Waals surface area contributed by atoms with Crippen molar-refractivity contribution in [2.75, 3.05) is 13.1 Å². The lowest BCUT2D eigenvalue weighted by Crippen LogP contribution is -2.43. The van der Waals surface area contributed by atoms with Gasteiger partial charge in [-0.25, -0.2) is 0 Å². The van der Waals surface area contributed by atoms with Crippen molar-refractivity contribution in [2.24, 2.45) is 5.73 Å². The SMILES string of the molecule is NC(Cc1ccc2ccccc2n1)C(=O)N1CCCC1. The quantitative estimate of drug-likeness (QED) is 0.923. The molecule has 1 aromatic carbocycles. The highest BCUT2D eigenvalue weighted by Crippen LogP contribution is 2.14. The first-order valence-corrected chi connectivity index (χ1v) is 7.13. The molecule has 1 amide bonds. The van der Waals surface area contributed by atoms with Gasteiger partial charge in [-0.3, -0.25) is 9.78 Å². The molecule has 1 fully saturated rings. The molecule has 1 aliphatic rings. The summed E-state index contributed by atoms with van der Waals surface area (Å²) in [6.45, 7) is 1.69. The second-order valence-corrected chi connectivity index (χ2v) is 5.34. The zero-order chi connectivity index (χ0) is 13.9. The summed E-state index contributed by atoms with van der Waals surface area (Å²) in [4.78, 5) is 18.6. The van der Waals surface area contributed by atoms with Crippen molar-refractivity contribution >= 4 is 16.8 Å². The fourth-order valence-corrected chi connectivity index (χ4v) is 2.71. The Morgan fingerprint density at radius 1 is 1.20 bits per heavy atom. The van der Waals surface area contributed by atoms with Crippen LogP contribution in [0.2, 0.25) is 0 Å². The molecule has 0 spiro atoms. The summed E-state index contributed by atoms with van der Waals surface area (Å²) < 4.78 is 0. The minimum absolute atomic E-state index is 0.0532. The predicted octanol–water partition coefficient (Wildman–Crippen LogP) is 1.73. The molecule has 4 nitrogen and oxygen atoms in total. The molecule has 104 valence electrons. The van der Waals surface area contributed by atoms with Crippen LogP contribution in [0, 0.1) is 0 Å². The van der Waals surface area contributed by atoms with Crippen LogP contribution in [0.25, 0.3) is 10.9 Å². The third kappa shape index (κ3) is 2.65. The van der Waals surface area contributed by atoms with Gasteiger partial charge in [-0.1, -0.05) is 24.3 Å². The lowest BCUT2D eigenvalue weighted by molar-refractivity contribution is -0.131. The molecule has 3 rings (SSSR count). The topological polar surface area (TPSA) is 59.2 Å². The van der Waals surface area contributed by atoms with Crippen LogP contribution in [0.15, 0.2) is 36.4 Å². The van der Waals surface area contributed by atoms with E-state index in [0.29, 0.717) is 6.42 Å². The molecule has 1 atom stereocenters. The summed E-state index contributed by atoms with van der Waals surface area (Å²) in [6, 6.07) is 11.5. The Hall–Kier alpha value is -1.94. The number of carbonyl (C=O) groups excluding carboxylic acids is 1. The van der Waals surface area contributed by atoms with Gasteiger partial charge in [0.15, 0.2) is 0 Å². The van der Waals surface area contributed by atoms with Crippen LogP contribution in [-0.2, 0) is 11.2 Å². The number of carbonyl (C=O) groups is 1. The lowest BCUT2D eigenvalue weighted by atomic mass is 10.1. The van der Waals surface area contributed by atoms with Gasteiger partial charge in [0.05, 0.1) is 11.6 Å². The van der Waals surface area contributed by atoms with Gasteiger partial charge >= 0.3 is 0 Å². The fraction of sp³-hybridized carbons (Fsp3) is 0.375. The summed E-state index contributed by atoms with van der Waals surface area (Å²) in [5, 5.41) is 1.11. The van der Waals surface area contributed by atoms with Gasteiger partial charge in [-0.2, -0.15) is 0 Å².